The summed E-state index contributed by atoms with van der Waals surface area (Å²) in [7, 11) is 1.67. The summed E-state index contributed by atoms with van der Waals surface area (Å²) in [5, 5.41) is 10.5. The monoisotopic (exact) mass is 302 g/mol. The predicted molar refractivity (Wildman–Crippen MR) is 87.2 cm³/mol. The molecule has 1 N–H and O–H groups in total. The van der Waals surface area contributed by atoms with Gasteiger partial charge in [-0.05, 0) is 55.0 Å². The van der Waals surface area contributed by atoms with E-state index in [0.717, 1.165) is 16.2 Å². The smallest absolute Gasteiger partial charge is 0.118 e. The number of ether oxygens (including phenoxy) is 1. The number of thiophene rings is 1. The third kappa shape index (κ3) is 3.47. The van der Waals surface area contributed by atoms with Crippen molar-refractivity contribution in [3.05, 3.63) is 51.2 Å². The lowest BCUT2D eigenvalue weighted by atomic mass is 10.1. The maximum Gasteiger partial charge on any atom is 0.118 e. The first-order chi connectivity index (χ1) is 10.3. The van der Waals surface area contributed by atoms with Gasteiger partial charge in [-0.25, -0.2) is 0 Å². The first-order valence-electron chi connectivity index (χ1n) is 7.69. The van der Waals surface area contributed by atoms with Crippen LogP contribution < -0.4 is 4.74 Å². The summed E-state index contributed by atoms with van der Waals surface area (Å²) in [6.07, 6.45) is 6.57. The van der Waals surface area contributed by atoms with Gasteiger partial charge in [0.2, 0.25) is 0 Å². The van der Waals surface area contributed by atoms with E-state index in [1.54, 1.807) is 7.11 Å². The average molecular weight is 302 g/mol. The molecule has 2 nitrogen and oxygen atoms in total. The quantitative estimate of drug-likeness (QED) is 0.853. The molecule has 1 aliphatic rings. The molecule has 0 spiro atoms. The number of aryl methyl sites for hydroxylation is 2. The lowest BCUT2D eigenvalue weighted by molar-refractivity contribution is 0.182. The van der Waals surface area contributed by atoms with Gasteiger partial charge in [-0.2, -0.15) is 0 Å². The largest absolute Gasteiger partial charge is 0.497 e. The topological polar surface area (TPSA) is 29.5 Å². The van der Waals surface area contributed by atoms with Crippen LogP contribution in [0.3, 0.4) is 0 Å². The number of hydrogen-bond acceptors (Lipinski definition) is 3. The van der Waals surface area contributed by atoms with Crippen molar-refractivity contribution in [3.8, 4) is 5.75 Å². The molecule has 0 aliphatic heterocycles. The fraction of sp³-hybridized carbons (Fsp3) is 0.444. The molecule has 0 radical (unpaired) electrons. The Kier molecular flexibility index (Phi) is 4.61. The van der Waals surface area contributed by atoms with Gasteiger partial charge in [0, 0.05) is 16.2 Å². The van der Waals surface area contributed by atoms with Gasteiger partial charge in [0.25, 0.3) is 0 Å². The second kappa shape index (κ2) is 6.63. The molecule has 2 aromatic rings. The Morgan fingerprint density at radius 1 is 1.14 bits per heavy atom. The third-order valence-electron chi connectivity index (χ3n) is 4.18. The van der Waals surface area contributed by atoms with E-state index in [4.69, 9.17) is 4.74 Å². The Morgan fingerprint density at radius 2 is 1.90 bits per heavy atom. The van der Waals surface area contributed by atoms with E-state index >= 15 is 0 Å². The van der Waals surface area contributed by atoms with Crippen LogP contribution in [0.4, 0.5) is 0 Å². The first-order valence-corrected chi connectivity index (χ1v) is 8.50. The van der Waals surface area contributed by atoms with Gasteiger partial charge in [-0.3, -0.25) is 0 Å². The van der Waals surface area contributed by atoms with Crippen LogP contribution >= 0.6 is 11.3 Å². The summed E-state index contributed by atoms with van der Waals surface area (Å²) in [6, 6.07) is 10.2. The van der Waals surface area contributed by atoms with Gasteiger partial charge in [0.05, 0.1) is 13.2 Å². The summed E-state index contributed by atoms with van der Waals surface area (Å²) in [5.74, 6) is 0.857. The number of rotatable bonds is 4. The van der Waals surface area contributed by atoms with Crippen molar-refractivity contribution in [2.24, 2.45) is 0 Å². The Balaban J connectivity index is 1.71. The molecule has 0 saturated carbocycles. The zero-order valence-corrected chi connectivity index (χ0v) is 13.3. The van der Waals surface area contributed by atoms with E-state index in [2.05, 4.69) is 6.07 Å². The molecule has 1 heterocycles. The van der Waals surface area contributed by atoms with Crippen molar-refractivity contribution < 1.29 is 9.84 Å². The van der Waals surface area contributed by atoms with Gasteiger partial charge in [0.1, 0.15) is 5.75 Å². The van der Waals surface area contributed by atoms with Gasteiger partial charge in [0.15, 0.2) is 0 Å². The van der Waals surface area contributed by atoms with Gasteiger partial charge >= 0.3 is 0 Å². The predicted octanol–water partition coefficient (Wildman–Crippen LogP) is 4.30. The molecule has 1 aromatic heterocycles. The number of aliphatic hydroxyl groups excluding tert-OH is 1. The normalized spacial score (nSPS) is 16.1. The number of aliphatic hydroxyl groups is 1. The van der Waals surface area contributed by atoms with Gasteiger partial charge < -0.3 is 9.84 Å². The molecule has 21 heavy (non-hydrogen) atoms. The fourth-order valence-electron chi connectivity index (χ4n) is 2.94. The van der Waals surface area contributed by atoms with Crippen LogP contribution in [0.1, 0.15) is 46.2 Å². The SMILES string of the molecule is COc1ccc(CC(O)c2cc3c(s2)CCCCC3)cc1. The molecule has 1 unspecified atom stereocenters. The average Bonchev–Trinajstić information content (AvgIpc) is 2.79. The standard InChI is InChI=1S/C18H22O2S/c1-20-15-9-7-13(8-10-15)11-16(19)18-12-14-5-3-2-4-6-17(14)21-18/h7-10,12,16,19H,2-6,11H2,1H3. The van der Waals surface area contributed by atoms with E-state index in [1.807, 2.05) is 35.6 Å². The van der Waals surface area contributed by atoms with E-state index in [-0.39, 0.29) is 0 Å². The van der Waals surface area contributed by atoms with Crippen LogP contribution in [0.25, 0.3) is 0 Å². The van der Waals surface area contributed by atoms with Crippen molar-refractivity contribution in [3.63, 3.8) is 0 Å². The van der Waals surface area contributed by atoms with Crippen molar-refractivity contribution in [1.29, 1.82) is 0 Å². The summed E-state index contributed by atoms with van der Waals surface area (Å²) in [5.41, 5.74) is 2.62. The molecule has 1 atom stereocenters. The minimum atomic E-state index is -0.393. The Labute approximate surface area is 130 Å². The van der Waals surface area contributed by atoms with E-state index < -0.39 is 6.10 Å². The van der Waals surface area contributed by atoms with Crippen LogP contribution in [-0.4, -0.2) is 12.2 Å². The van der Waals surface area contributed by atoms with Crippen LogP contribution in [0.5, 0.6) is 5.75 Å². The summed E-state index contributed by atoms with van der Waals surface area (Å²) >= 11 is 1.81. The lowest BCUT2D eigenvalue weighted by Crippen LogP contribution is -1.99. The zero-order chi connectivity index (χ0) is 14.7. The highest BCUT2D eigenvalue weighted by Gasteiger charge is 2.17. The summed E-state index contributed by atoms with van der Waals surface area (Å²) in [6.45, 7) is 0. The summed E-state index contributed by atoms with van der Waals surface area (Å²) < 4.78 is 5.17. The van der Waals surface area contributed by atoms with E-state index in [9.17, 15) is 5.11 Å². The van der Waals surface area contributed by atoms with Crippen LogP contribution in [-0.2, 0) is 19.3 Å². The number of fused-ring (bicyclic) bond motifs is 1. The second-order valence-electron chi connectivity index (χ2n) is 5.73. The molecular weight excluding hydrogens is 280 g/mol. The van der Waals surface area contributed by atoms with E-state index in [0.29, 0.717) is 6.42 Å². The molecule has 112 valence electrons. The molecule has 0 amide bonds. The minimum Gasteiger partial charge on any atom is -0.497 e. The molecular formula is C18H22O2S. The third-order valence-corrected chi connectivity index (χ3v) is 5.52. The maximum atomic E-state index is 10.5. The van der Waals surface area contributed by atoms with Crippen LogP contribution in [0, 0.1) is 0 Å². The van der Waals surface area contributed by atoms with Gasteiger partial charge in [-0.1, -0.05) is 18.6 Å². The Bertz CT molecular complexity index is 562. The van der Waals surface area contributed by atoms with Crippen LogP contribution in [0.15, 0.2) is 30.3 Å². The Hall–Kier alpha value is -1.32. The maximum absolute atomic E-state index is 10.5. The highest BCUT2D eigenvalue weighted by molar-refractivity contribution is 7.12. The lowest BCUT2D eigenvalue weighted by Gasteiger charge is -2.09. The molecule has 3 rings (SSSR count). The highest BCUT2D eigenvalue weighted by Crippen LogP contribution is 2.33. The number of hydrogen-bond donors (Lipinski definition) is 1. The molecule has 3 heteroatoms. The minimum absolute atomic E-state index is 0.393. The Morgan fingerprint density at radius 3 is 2.67 bits per heavy atom. The number of methoxy groups -OCH3 is 1. The van der Waals surface area contributed by atoms with Crippen molar-refractivity contribution in [1.82, 2.24) is 0 Å². The summed E-state index contributed by atoms with van der Waals surface area (Å²) in [4.78, 5) is 2.62. The second-order valence-corrected chi connectivity index (χ2v) is 6.89. The van der Waals surface area contributed by atoms with E-state index in [1.165, 1.54) is 42.5 Å². The van der Waals surface area contributed by atoms with Crippen molar-refractivity contribution >= 4 is 11.3 Å². The van der Waals surface area contributed by atoms with Crippen LogP contribution in [0.2, 0.25) is 0 Å². The molecule has 0 fully saturated rings. The fourth-order valence-corrected chi connectivity index (χ4v) is 4.18. The molecule has 1 aromatic carbocycles. The molecule has 0 bridgehead atoms. The van der Waals surface area contributed by atoms with Gasteiger partial charge in [-0.15, -0.1) is 11.3 Å². The molecule has 0 saturated heterocycles. The number of benzene rings is 1. The van der Waals surface area contributed by atoms with Crippen molar-refractivity contribution in [2.45, 2.75) is 44.6 Å². The highest BCUT2D eigenvalue weighted by atomic mass is 32.1. The molecule has 1 aliphatic carbocycles. The zero-order valence-electron chi connectivity index (χ0n) is 12.5. The van der Waals surface area contributed by atoms with Crippen molar-refractivity contribution in [2.75, 3.05) is 7.11 Å². The first kappa shape index (κ1) is 14.6.